The first-order chi connectivity index (χ1) is 11.8. The third-order valence-corrected chi connectivity index (χ3v) is 5.59. The molecule has 1 N–H and O–H groups in total. The van der Waals surface area contributed by atoms with Gasteiger partial charge in [0.15, 0.2) is 15.0 Å². The highest BCUT2D eigenvalue weighted by atomic mass is 32.2. The van der Waals surface area contributed by atoms with Gasteiger partial charge in [0, 0.05) is 11.8 Å². The van der Waals surface area contributed by atoms with E-state index < -0.39 is 9.84 Å². The van der Waals surface area contributed by atoms with Crippen LogP contribution in [0.3, 0.4) is 0 Å². The largest absolute Gasteiger partial charge is 0.298 e. The fraction of sp³-hybridized carbons (Fsp3) is 0.111. The first kappa shape index (κ1) is 17.3. The van der Waals surface area contributed by atoms with Gasteiger partial charge in [-0.1, -0.05) is 41.7 Å². The van der Waals surface area contributed by atoms with Gasteiger partial charge in [0.25, 0.3) is 5.91 Å². The average molecular weight is 372 g/mol. The molecular formula is C18H16N2O3S2. The van der Waals surface area contributed by atoms with Crippen LogP contribution in [-0.4, -0.2) is 25.6 Å². The van der Waals surface area contributed by atoms with E-state index in [1.807, 2.05) is 30.3 Å². The predicted octanol–water partition coefficient (Wildman–Crippen LogP) is 3.74. The number of amides is 1. The molecular weight excluding hydrogens is 356 g/mol. The lowest BCUT2D eigenvalue weighted by molar-refractivity contribution is -0.112. The summed E-state index contributed by atoms with van der Waals surface area (Å²) in [6.07, 6.45) is 2.96. The van der Waals surface area contributed by atoms with Crippen LogP contribution in [0.4, 0.5) is 5.13 Å². The Morgan fingerprint density at radius 3 is 2.56 bits per heavy atom. The highest BCUT2D eigenvalue weighted by Gasteiger charge is 2.12. The van der Waals surface area contributed by atoms with Gasteiger partial charge in [-0.05, 0) is 36.8 Å². The van der Waals surface area contributed by atoms with Gasteiger partial charge in [0.2, 0.25) is 0 Å². The first-order valence-corrected chi connectivity index (χ1v) is 10.2. The number of benzene rings is 2. The van der Waals surface area contributed by atoms with Crippen molar-refractivity contribution in [2.45, 2.75) is 11.8 Å². The Morgan fingerprint density at radius 2 is 1.88 bits per heavy atom. The normalized spacial score (nSPS) is 12.3. The fourth-order valence-electron chi connectivity index (χ4n) is 2.25. The fourth-order valence-corrected chi connectivity index (χ4v) is 3.87. The van der Waals surface area contributed by atoms with Crippen molar-refractivity contribution >= 4 is 48.5 Å². The number of carbonyl (C=O) groups is 1. The van der Waals surface area contributed by atoms with E-state index in [1.54, 1.807) is 25.1 Å². The summed E-state index contributed by atoms with van der Waals surface area (Å²) in [4.78, 5) is 16.9. The molecule has 0 bridgehead atoms. The van der Waals surface area contributed by atoms with Crippen LogP contribution in [0.25, 0.3) is 16.3 Å². The van der Waals surface area contributed by atoms with Crippen LogP contribution in [-0.2, 0) is 14.6 Å². The SMILES string of the molecule is CC(=Cc1ccccc1)C(=O)Nc1nc2ccc(S(C)(=O)=O)cc2s1. The minimum Gasteiger partial charge on any atom is -0.298 e. The minimum absolute atomic E-state index is 0.238. The molecule has 128 valence electrons. The van der Waals surface area contributed by atoms with E-state index in [0.29, 0.717) is 20.9 Å². The van der Waals surface area contributed by atoms with E-state index in [-0.39, 0.29) is 10.8 Å². The summed E-state index contributed by atoms with van der Waals surface area (Å²) in [5.74, 6) is -0.244. The summed E-state index contributed by atoms with van der Waals surface area (Å²) in [6.45, 7) is 1.73. The molecule has 3 aromatic rings. The van der Waals surface area contributed by atoms with Crippen molar-refractivity contribution in [1.29, 1.82) is 0 Å². The van der Waals surface area contributed by atoms with Crippen LogP contribution in [0.15, 0.2) is 59.0 Å². The number of nitrogens with zero attached hydrogens (tertiary/aromatic N) is 1. The van der Waals surface area contributed by atoms with Crippen molar-refractivity contribution in [3.8, 4) is 0 Å². The molecule has 0 radical (unpaired) electrons. The summed E-state index contributed by atoms with van der Waals surface area (Å²) >= 11 is 1.24. The smallest absolute Gasteiger partial charge is 0.253 e. The standard InChI is InChI=1S/C18H16N2O3S2/c1-12(10-13-6-4-3-5-7-13)17(21)20-18-19-15-9-8-14(25(2,22)23)11-16(15)24-18/h3-11H,1-2H3,(H,19,20,21). The van der Waals surface area contributed by atoms with Crippen LogP contribution in [0, 0.1) is 0 Å². The third kappa shape index (κ3) is 4.12. The van der Waals surface area contributed by atoms with Crippen molar-refractivity contribution in [3.05, 3.63) is 59.7 Å². The van der Waals surface area contributed by atoms with Crippen LogP contribution < -0.4 is 5.32 Å². The number of nitrogens with one attached hydrogen (secondary N) is 1. The number of aromatic nitrogens is 1. The van der Waals surface area contributed by atoms with Gasteiger partial charge in [0.05, 0.1) is 15.1 Å². The number of anilines is 1. The summed E-state index contributed by atoms with van der Waals surface area (Å²) in [5.41, 5.74) is 2.15. The summed E-state index contributed by atoms with van der Waals surface area (Å²) < 4.78 is 24.0. The number of fused-ring (bicyclic) bond motifs is 1. The maximum absolute atomic E-state index is 12.3. The molecule has 1 amide bonds. The molecule has 0 aliphatic carbocycles. The third-order valence-electron chi connectivity index (χ3n) is 3.55. The first-order valence-electron chi connectivity index (χ1n) is 7.48. The van der Waals surface area contributed by atoms with E-state index in [9.17, 15) is 13.2 Å². The van der Waals surface area contributed by atoms with Gasteiger partial charge in [-0.25, -0.2) is 13.4 Å². The zero-order valence-corrected chi connectivity index (χ0v) is 15.3. The van der Waals surface area contributed by atoms with E-state index >= 15 is 0 Å². The zero-order chi connectivity index (χ0) is 18.0. The van der Waals surface area contributed by atoms with Gasteiger partial charge in [-0.15, -0.1) is 0 Å². The monoisotopic (exact) mass is 372 g/mol. The number of carbonyl (C=O) groups excluding carboxylic acids is 1. The Bertz CT molecular complexity index is 1070. The predicted molar refractivity (Wildman–Crippen MR) is 101 cm³/mol. The molecule has 0 atom stereocenters. The van der Waals surface area contributed by atoms with E-state index in [0.717, 1.165) is 11.8 Å². The Kier molecular flexibility index (Phi) is 4.69. The van der Waals surface area contributed by atoms with Gasteiger partial charge >= 0.3 is 0 Å². The van der Waals surface area contributed by atoms with Crippen molar-refractivity contribution in [2.75, 3.05) is 11.6 Å². The quantitative estimate of drug-likeness (QED) is 0.708. The number of thiazole rings is 1. The number of sulfone groups is 1. The Balaban J connectivity index is 1.83. The van der Waals surface area contributed by atoms with Crippen LogP contribution >= 0.6 is 11.3 Å². The van der Waals surface area contributed by atoms with Crippen molar-refractivity contribution in [2.24, 2.45) is 0 Å². The average Bonchev–Trinajstić information content (AvgIpc) is 2.96. The second-order valence-electron chi connectivity index (χ2n) is 5.61. The molecule has 0 aliphatic heterocycles. The Labute approximate surface area is 150 Å². The highest BCUT2D eigenvalue weighted by molar-refractivity contribution is 7.90. The van der Waals surface area contributed by atoms with Crippen LogP contribution in [0.1, 0.15) is 12.5 Å². The highest BCUT2D eigenvalue weighted by Crippen LogP contribution is 2.28. The number of rotatable bonds is 4. The second-order valence-corrected chi connectivity index (χ2v) is 8.66. The maximum atomic E-state index is 12.3. The van der Waals surface area contributed by atoms with Gasteiger partial charge < -0.3 is 0 Å². The van der Waals surface area contributed by atoms with E-state index in [2.05, 4.69) is 10.3 Å². The molecule has 0 fully saturated rings. The van der Waals surface area contributed by atoms with E-state index in [1.165, 1.54) is 17.4 Å². The topological polar surface area (TPSA) is 76.1 Å². The lowest BCUT2D eigenvalue weighted by Crippen LogP contribution is -2.12. The van der Waals surface area contributed by atoms with Gasteiger partial charge in [-0.2, -0.15) is 0 Å². The summed E-state index contributed by atoms with van der Waals surface area (Å²) in [7, 11) is -3.27. The zero-order valence-electron chi connectivity index (χ0n) is 13.7. The van der Waals surface area contributed by atoms with Crippen molar-refractivity contribution in [3.63, 3.8) is 0 Å². The Hall–Kier alpha value is -2.51. The molecule has 5 nitrogen and oxygen atoms in total. The van der Waals surface area contributed by atoms with Gasteiger partial charge in [-0.3, -0.25) is 10.1 Å². The molecule has 2 aromatic carbocycles. The molecule has 0 aliphatic rings. The van der Waals surface area contributed by atoms with Crippen LogP contribution in [0.2, 0.25) is 0 Å². The lowest BCUT2D eigenvalue weighted by Gasteiger charge is -2.01. The molecule has 25 heavy (non-hydrogen) atoms. The summed E-state index contributed by atoms with van der Waals surface area (Å²) in [5, 5.41) is 3.20. The molecule has 1 heterocycles. The lowest BCUT2D eigenvalue weighted by atomic mass is 10.1. The number of hydrogen-bond donors (Lipinski definition) is 1. The van der Waals surface area contributed by atoms with Crippen molar-refractivity contribution < 1.29 is 13.2 Å². The molecule has 0 unspecified atom stereocenters. The molecule has 1 aromatic heterocycles. The molecule has 0 saturated heterocycles. The maximum Gasteiger partial charge on any atom is 0.253 e. The van der Waals surface area contributed by atoms with Crippen molar-refractivity contribution in [1.82, 2.24) is 4.98 Å². The Morgan fingerprint density at radius 1 is 1.16 bits per heavy atom. The van der Waals surface area contributed by atoms with E-state index in [4.69, 9.17) is 0 Å². The van der Waals surface area contributed by atoms with Crippen LogP contribution in [0.5, 0.6) is 0 Å². The summed E-state index contributed by atoms with van der Waals surface area (Å²) in [6, 6.07) is 14.3. The minimum atomic E-state index is -3.27. The van der Waals surface area contributed by atoms with Gasteiger partial charge in [0.1, 0.15) is 0 Å². The molecule has 3 rings (SSSR count). The molecule has 0 saturated carbocycles. The number of hydrogen-bond acceptors (Lipinski definition) is 5. The second kappa shape index (κ2) is 6.78. The molecule has 7 heteroatoms. The molecule has 0 spiro atoms.